The number of hydrogen-bond acceptors (Lipinski definition) is 5. The van der Waals surface area contributed by atoms with Crippen molar-refractivity contribution in [3.05, 3.63) is 53.4 Å². The second kappa shape index (κ2) is 10.3. The molecule has 3 N–H and O–H groups in total. The van der Waals surface area contributed by atoms with Crippen LogP contribution in [0.1, 0.15) is 56.2 Å². The van der Waals surface area contributed by atoms with Gasteiger partial charge in [0, 0.05) is 30.1 Å². The molecule has 36 heavy (non-hydrogen) atoms. The van der Waals surface area contributed by atoms with Crippen molar-refractivity contribution in [2.75, 3.05) is 13.6 Å². The van der Waals surface area contributed by atoms with E-state index < -0.39 is 11.9 Å². The number of carbonyl (C=O) groups is 2. The summed E-state index contributed by atoms with van der Waals surface area (Å²) in [7, 11) is 1.68. The van der Waals surface area contributed by atoms with Gasteiger partial charge in [-0.05, 0) is 69.8 Å². The Morgan fingerprint density at radius 1 is 1.22 bits per heavy atom. The number of hydrogen-bond donors (Lipinski definition) is 2. The van der Waals surface area contributed by atoms with Crippen LogP contribution in [0.4, 0.5) is 4.39 Å². The third-order valence-electron chi connectivity index (χ3n) is 7.24. The van der Waals surface area contributed by atoms with E-state index in [9.17, 15) is 14.0 Å². The third kappa shape index (κ3) is 4.97. The van der Waals surface area contributed by atoms with E-state index in [1.165, 1.54) is 12.1 Å². The summed E-state index contributed by atoms with van der Waals surface area (Å²) in [4.78, 5) is 36.9. The number of amides is 2. The van der Waals surface area contributed by atoms with Gasteiger partial charge in [-0.2, -0.15) is 0 Å². The zero-order chi connectivity index (χ0) is 26.1. The second-order valence-electron chi connectivity index (χ2n) is 10.1. The fourth-order valence-electron chi connectivity index (χ4n) is 5.26. The topological polar surface area (TPSA) is 106 Å². The van der Waals surface area contributed by atoms with E-state index in [1.807, 2.05) is 49.4 Å². The average molecular weight is 495 g/mol. The summed E-state index contributed by atoms with van der Waals surface area (Å²) >= 11 is 0. The number of halogens is 1. The molecule has 0 aliphatic carbocycles. The molecule has 3 atom stereocenters. The van der Waals surface area contributed by atoms with E-state index >= 15 is 0 Å². The minimum Gasteiger partial charge on any atom is -0.368 e. The maximum absolute atomic E-state index is 13.8. The first-order valence-corrected chi connectivity index (χ1v) is 12.5. The number of benzene rings is 1. The average Bonchev–Trinajstić information content (AvgIpc) is 3.43. The lowest BCUT2D eigenvalue weighted by Gasteiger charge is -2.32. The quantitative estimate of drug-likeness (QED) is 0.498. The van der Waals surface area contributed by atoms with E-state index in [4.69, 9.17) is 10.7 Å². The summed E-state index contributed by atoms with van der Waals surface area (Å²) in [6.07, 6.45) is 3.97. The van der Waals surface area contributed by atoms with E-state index in [0.29, 0.717) is 24.6 Å². The molecule has 3 aromatic rings. The van der Waals surface area contributed by atoms with Crippen LogP contribution in [0.5, 0.6) is 0 Å². The van der Waals surface area contributed by atoms with E-state index in [2.05, 4.69) is 10.3 Å². The van der Waals surface area contributed by atoms with Gasteiger partial charge in [0.2, 0.25) is 11.8 Å². The lowest BCUT2D eigenvalue weighted by atomic mass is 9.87. The van der Waals surface area contributed by atoms with Crippen LogP contribution >= 0.6 is 0 Å². The van der Waals surface area contributed by atoms with Gasteiger partial charge in [-0.3, -0.25) is 9.59 Å². The zero-order valence-corrected chi connectivity index (χ0v) is 21.6. The molecule has 0 spiro atoms. The highest BCUT2D eigenvalue weighted by Crippen LogP contribution is 2.35. The Labute approximate surface area is 211 Å². The van der Waals surface area contributed by atoms with Crippen LogP contribution in [0.3, 0.4) is 0 Å². The summed E-state index contributed by atoms with van der Waals surface area (Å²) in [5.74, 6) is 0.275. The van der Waals surface area contributed by atoms with Crippen molar-refractivity contribution < 1.29 is 14.0 Å². The van der Waals surface area contributed by atoms with Crippen LogP contribution in [0.2, 0.25) is 0 Å². The van der Waals surface area contributed by atoms with Crippen LogP contribution in [-0.2, 0) is 9.59 Å². The Hall–Kier alpha value is -3.33. The molecule has 0 bridgehead atoms. The number of primary amides is 1. The molecule has 2 aromatic heterocycles. The number of likely N-dealkylation sites (N-methyl/N-ethyl adjacent to an activating group) is 1. The molecule has 1 saturated heterocycles. The number of rotatable bonds is 8. The normalized spacial score (nSPS) is 17.6. The van der Waals surface area contributed by atoms with Crippen molar-refractivity contribution in [3.8, 4) is 5.82 Å². The molecule has 4 rings (SSSR count). The number of nitrogens with two attached hydrogens (primary N) is 1. The number of fused-ring (bicyclic) bond motifs is 1. The first kappa shape index (κ1) is 25.8. The van der Waals surface area contributed by atoms with Crippen LogP contribution in [0.15, 0.2) is 30.5 Å². The van der Waals surface area contributed by atoms with Crippen molar-refractivity contribution in [2.45, 2.75) is 59.0 Å². The number of nitrogens with zero attached hydrogens (tertiary/aromatic N) is 4. The van der Waals surface area contributed by atoms with Gasteiger partial charge in [0.15, 0.2) is 0 Å². The minimum atomic E-state index is -0.564. The maximum Gasteiger partial charge on any atom is 0.234 e. The van der Waals surface area contributed by atoms with Crippen LogP contribution in [-0.4, -0.2) is 50.9 Å². The molecular formula is C27H35FN6O2. The van der Waals surface area contributed by atoms with Gasteiger partial charge in [-0.15, -0.1) is 0 Å². The number of carbonyl (C=O) groups excluding carboxylic acids is 2. The molecule has 1 aromatic carbocycles. The summed E-state index contributed by atoms with van der Waals surface area (Å²) in [5, 5.41) is 3.77. The highest BCUT2D eigenvalue weighted by Gasteiger charge is 2.37. The smallest absolute Gasteiger partial charge is 0.234 e. The lowest BCUT2D eigenvalue weighted by molar-refractivity contribution is -0.138. The van der Waals surface area contributed by atoms with Crippen LogP contribution in [0.25, 0.3) is 16.7 Å². The molecule has 1 aliphatic heterocycles. The van der Waals surface area contributed by atoms with Gasteiger partial charge < -0.3 is 20.5 Å². The standard InChI is InChI=1S/C27H35FN6O2/c1-15(2)19(12-22(30-5)26(29)35)27(36)33-10-6-7-24(33)21-13-25(32-17(4)31-21)34-14-16(3)20-11-18(28)8-9-23(20)34/h8-9,11,13-15,19,22,24,30H,6-7,10,12H2,1-5H3,(H2,29,35). The summed E-state index contributed by atoms with van der Waals surface area (Å²) in [6.45, 7) is 8.42. The minimum absolute atomic E-state index is 0.0181. The number of aryl methyl sites for hydroxylation is 2. The molecule has 3 heterocycles. The van der Waals surface area contributed by atoms with Gasteiger partial charge in [-0.25, -0.2) is 14.4 Å². The monoisotopic (exact) mass is 494 g/mol. The molecule has 0 radical (unpaired) electrons. The van der Waals surface area contributed by atoms with Crippen molar-refractivity contribution in [2.24, 2.45) is 17.6 Å². The molecule has 1 aliphatic rings. The van der Waals surface area contributed by atoms with Crippen molar-refractivity contribution in [1.82, 2.24) is 24.8 Å². The lowest BCUT2D eigenvalue weighted by Crippen LogP contribution is -2.45. The molecule has 8 nitrogen and oxygen atoms in total. The SMILES string of the molecule is CNC(CC(C(=O)N1CCCC1c1cc(-n2cc(C)c3cc(F)ccc32)nc(C)n1)C(C)C)C(N)=O. The second-order valence-corrected chi connectivity index (χ2v) is 10.1. The molecule has 1 fully saturated rings. The van der Waals surface area contributed by atoms with E-state index in [0.717, 1.165) is 35.0 Å². The van der Waals surface area contributed by atoms with Crippen molar-refractivity contribution >= 4 is 22.7 Å². The highest BCUT2D eigenvalue weighted by molar-refractivity contribution is 5.85. The number of likely N-dealkylation sites (tertiary alicyclic amines) is 1. The molecule has 192 valence electrons. The van der Waals surface area contributed by atoms with Gasteiger partial charge in [0.05, 0.1) is 23.3 Å². The first-order chi connectivity index (χ1) is 17.1. The van der Waals surface area contributed by atoms with Gasteiger partial charge in [0.1, 0.15) is 17.5 Å². The molecule has 3 unspecified atom stereocenters. The molecule has 9 heteroatoms. The van der Waals surface area contributed by atoms with E-state index in [1.54, 1.807) is 13.1 Å². The Kier molecular flexibility index (Phi) is 7.40. The van der Waals surface area contributed by atoms with Crippen molar-refractivity contribution in [3.63, 3.8) is 0 Å². The fraction of sp³-hybridized carbons (Fsp3) is 0.481. The zero-order valence-electron chi connectivity index (χ0n) is 21.6. The Morgan fingerprint density at radius 3 is 2.64 bits per heavy atom. The Bertz CT molecular complexity index is 1290. The Balaban J connectivity index is 1.68. The Morgan fingerprint density at radius 2 is 1.97 bits per heavy atom. The summed E-state index contributed by atoms with van der Waals surface area (Å²) in [5.41, 5.74) is 8.14. The van der Waals surface area contributed by atoms with Gasteiger partial charge in [-0.1, -0.05) is 13.8 Å². The summed E-state index contributed by atoms with van der Waals surface area (Å²) < 4.78 is 15.8. The van der Waals surface area contributed by atoms with Gasteiger partial charge in [0.25, 0.3) is 0 Å². The first-order valence-electron chi connectivity index (χ1n) is 12.5. The molecule has 0 saturated carbocycles. The van der Waals surface area contributed by atoms with Gasteiger partial charge >= 0.3 is 0 Å². The molecule has 2 amide bonds. The number of nitrogens with one attached hydrogen (secondary N) is 1. The van der Waals surface area contributed by atoms with Crippen molar-refractivity contribution in [1.29, 1.82) is 0 Å². The van der Waals surface area contributed by atoms with Crippen LogP contribution < -0.4 is 11.1 Å². The maximum atomic E-state index is 13.8. The van der Waals surface area contributed by atoms with Crippen LogP contribution in [0, 0.1) is 31.5 Å². The third-order valence-corrected chi connectivity index (χ3v) is 7.24. The highest BCUT2D eigenvalue weighted by atomic mass is 19.1. The summed E-state index contributed by atoms with van der Waals surface area (Å²) in [6, 6.07) is 5.91. The molecular weight excluding hydrogens is 459 g/mol. The predicted octanol–water partition coefficient (Wildman–Crippen LogP) is 3.58. The number of aromatic nitrogens is 3. The largest absolute Gasteiger partial charge is 0.368 e. The fourth-order valence-corrected chi connectivity index (χ4v) is 5.26. The predicted molar refractivity (Wildman–Crippen MR) is 137 cm³/mol. The van der Waals surface area contributed by atoms with E-state index in [-0.39, 0.29) is 29.6 Å².